The van der Waals surface area contributed by atoms with Gasteiger partial charge in [0.25, 0.3) is 5.91 Å². The summed E-state index contributed by atoms with van der Waals surface area (Å²) >= 11 is 0. The van der Waals surface area contributed by atoms with Gasteiger partial charge in [0.2, 0.25) is 5.91 Å². The van der Waals surface area contributed by atoms with Gasteiger partial charge in [-0.2, -0.15) is 0 Å². The van der Waals surface area contributed by atoms with E-state index in [4.69, 9.17) is 14.6 Å². The van der Waals surface area contributed by atoms with Gasteiger partial charge in [0.15, 0.2) is 0 Å². The molecule has 2 amide bonds. The number of benzene rings is 1. The summed E-state index contributed by atoms with van der Waals surface area (Å²) in [5, 5.41) is 11.4. The van der Waals surface area contributed by atoms with Crippen LogP contribution in [0.25, 0.3) is 0 Å². The number of nitrogens with one attached hydrogen (secondary N) is 1. The number of amides is 2. The third-order valence-electron chi connectivity index (χ3n) is 3.67. The van der Waals surface area contributed by atoms with Gasteiger partial charge in [-0.05, 0) is 17.7 Å². The zero-order chi connectivity index (χ0) is 21.6. The monoisotopic (exact) mass is 410 g/mol. The molecule has 0 spiro atoms. The zero-order valence-corrected chi connectivity index (χ0v) is 16.5. The van der Waals surface area contributed by atoms with E-state index < -0.39 is 18.5 Å². The van der Waals surface area contributed by atoms with Gasteiger partial charge in [0.1, 0.15) is 26.4 Å². The lowest BCUT2D eigenvalue weighted by Gasteiger charge is -2.22. The molecule has 2 N–H and O–H groups in total. The molecule has 0 bridgehead atoms. The fraction of sp³-hybridized carbons (Fsp3) is 0.474. The first-order chi connectivity index (χ1) is 13.9. The molecule has 0 saturated carbocycles. The summed E-state index contributed by atoms with van der Waals surface area (Å²) in [6.45, 7) is 0.786. The van der Waals surface area contributed by atoms with Crippen LogP contribution in [0, 0.1) is 0 Å². The van der Waals surface area contributed by atoms with Crippen LogP contribution in [0.2, 0.25) is 0 Å². The second-order valence-corrected chi connectivity index (χ2v) is 5.93. The Kier molecular flexibility index (Phi) is 11.0. The van der Waals surface area contributed by atoms with Gasteiger partial charge in [-0.25, -0.2) is 9.59 Å². The smallest absolute Gasteiger partial charge is 0.332 e. The summed E-state index contributed by atoms with van der Waals surface area (Å²) in [5.41, 5.74) is 1.21. The number of hydrogen-bond acceptors (Lipinski definition) is 8. The highest BCUT2D eigenvalue weighted by Gasteiger charge is 2.17. The number of methoxy groups -OCH3 is 1. The molecule has 160 valence electrons. The van der Waals surface area contributed by atoms with Crippen molar-refractivity contribution in [2.45, 2.75) is 13.5 Å². The van der Waals surface area contributed by atoms with Crippen LogP contribution in [0.1, 0.15) is 22.8 Å². The van der Waals surface area contributed by atoms with E-state index in [0.29, 0.717) is 12.1 Å². The van der Waals surface area contributed by atoms with Crippen molar-refractivity contribution < 1.29 is 38.5 Å². The molecule has 0 fully saturated rings. The molecule has 0 aliphatic carbocycles. The van der Waals surface area contributed by atoms with Gasteiger partial charge in [-0.3, -0.25) is 9.59 Å². The predicted octanol–water partition coefficient (Wildman–Crippen LogP) is -0.510. The standard InChI is InChI=1S/C19H26N2O8/c1-14(23)20-11-15-3-5-16(6-4-15)19(26)21(7-9-28-17(24)12-22)8-10-29-18(25)13-27-2/h3-6,22H,7-13H2,1-2H3,(H,20,23). The van der Waals surface area contributed by atoms with Crippen molar-refractivity contribution in [2.24, 2.45) is 0 Å². The van der Waals surface area contributed by atoms with E-state index in [1.165, 1.54) is 18.9 Å². The molecule has 0 aliphatic rings. The number of aliphatic hydroxyl groups is 1. The Morgan fingerprint density at radius 1 is 1.00 bits per heavy atom. The Morgan fingerprint density at radius 3 is 2.10 bits per heavy atom. The number of nitrogens with zero attached hydrogens (tertiary/aromatic N) is 1. The second-order valence-electron chi connectivity index (χ2n) is 5.93. The van der Waals surface area contributed by atoms with E-state index in [1.54, 1.807) is 24.3 Å². The Balaban J connectivity index is 2.72. The van der Waals surface area contributed by atoms with Crippen LogP contribution in [0.4, 0.5) is 0 Å². The molecule has 0 heterocycles. The Hall–Kier alpha value is -2.98. The van der Waals surface area contributed by atoms with Crippen molar-refractivity contribution in [1.29, 1.82) is 0 Å². The molecule has 0 atom stereocenters. The number of ether oxygens (including phenoxy) is 3. The fourth-order valence-corrected chi connectivity index (χ4v) is 2.23. The molecule has 0 aromatic heterocycles. The van der Waals surface area contributed by atoms with E-state index >= 15 is 0 Å². The molecule has 0 saturated heterocycles. The van der Waals surface area contributed by atoms with Gasteiger partial charge in [0.05, 0.1) is 13.1 Å². The summed E-state index contributed by atoms with van der Waals surface area (Å²) in [4.78, 5) is 47.6. The summed E-state index contributed by atoms with van der Waals surface area (Å²) < 4.78 is 14.4. The topological polar surface area (TPSA) is 131 Å². The Labute approximate surface area is 168 Å². The van der Waals surface area contributed by atoms with Crippen LogP contribution in [0.15, 0.2) is 24.3 Å². The minimum absolute atomic E-state index is 0.0531. The molecule has 1 aromatic rings. The molecule has 0 radical (unpaired) electrons. The normalized spacial score (nSPS) is 10.2. The average molecular weight is 410 g/mol. The first-order valence-electron chi connectivity index (χ1n) is 8.91. The molecular weight excluding hydrogens is 384 g/mol. The van der Waals surface area contributed by atoms with Crippen LogP contribution in [-0.4, -0.2) is 80.4 Å². The van der Waals surface area contributed by atoms with Crippen molar-refractivity contribution >= 4 is 23.8 Å². The van der Waals surface area contributed by atoms with Gasteiger partial charge >= 0.3 is 11.9 Å². The molecule has 1 rings (SSSR count). The van der Waals surface area contributed by atoms with E-state index in [1.807, 2.05) is 0 Å². The molecular formula is C19H26N2O8. The number of hydrogen-bond donors (Lipinski definition) is 2. The molecule has 0 aliphatic heterocycles. The van der Waals surface area contributed by atoms with Gasteiger partial charge in [0, 0.05) is 26.1 Å². The summed E-state index contributed by atoms with van der Waals surface area (Å²) in [7, 11) is 1.36. The summed E-state index contributed by atoms with van der Waals surface area (Å²) in [6, 6.07) is 6.66. The number of aliphatic hydroxyl groups excluding tert-OH is 1. The highest BCUT2D eigenvalue weighted by atomic mass is 16.6. The second kappa shape index (κ2) is 13.2. The van der Waals surface area contributed by atoms with Crippen LogP contribution in [0.5, 0.6) is 0 Å². The van der Waals surface area contributed by atoms with E-state index in [2.05, 4.69) is 10.1 Å². The van der Waals surface area contributed by atoms with Crippen molar-refractivity contribution in [3.8, 4) is 0 Å². The maximum Gasteiger partial charge on any atom is 0.332 e. The van der Waals surface area contributed by atoms with Gasteiger partial charge in [-0.15, -0.1) is 0 Å². The number of rotatable bonds is 12. The van der Waals surface area contributed by atoms with E-state index in [9.17, 15) is 19.2 Å². The Bertz CT molecular complexity index is 690. The third kappa shape index (κ3) is 9.67. The summed E-state index contributed by atoms with van der Waals surface area (Å²) in [5.74, 6) is -1.86. The molecule has 1 aromatic carbocycles. The Morgan fingerprint density at radius 2 is 1.59 bits per heavy atom. The SMILES string of the molecule is COCC(=O)OCCN(CCOC(=O)CO)C(=O)c1ccc(CNC(C)=O)cc1. The maximum absolute atomic E-state index is 12.8. The van der Waals surface area contributed by atoms with Crippen molar-refractivity contribution in [2.75, 3.05) is 46.6 Å². The van der Waals surface area contributed by atoms with Crippen molar-refractivity contribution in [1.82, 2.24) is 10.2 Å². The quantitative estimate of drug-likeness (QED) is 0.441. The van der Waals surface area contributed by atoms with Crippen molar-refractivity contribution in [3.63, 3.8) is 0 Å². The lowest BCUT2D eigenvalue weighted by molar-refractivity contribution is -0.148. The largest absolute Gasteiger partial charge is 0.462 e. The van der Waals surface area contributed by atoms with Crippen LogP contribution in [0.3, 0.4) is 0 Å². The number of carbonyl (C=O) groups is 4. The highest BCUT2D eigenvalue weighted by Crippen LogP contribution is 2.08. The first-order valence-corrected chi connectivity index (χ1v) is 8.91. The minimum Gasteiger partial charge on any atom is -0.462 e. The predicted molar refractivity (Wildman–Crippen MR) is 101 cm³/mol. The van der Waals surface area contributed by atoms with Crippen molar-refractivity contribution in [3.05, 3.63) is 35.4 Å². The fourth-order valence-electron chi connectivity index (χ4n) is 2.23. The third-order valence-corrected chi connectivity index (χ3v) is 3.67. The van der Waals surface area contributed by atoms with Crippen LogP contribution in [-0.2, 0) is 35.1 Å². The molecule has 10 nitrogen and oxygen atoms in total. The van der Waals surface area contributed by atoms with Gasteiger partial charge < -0.3 is 29.5 Å². The zero-order valence-electron chi connectivity index (χ0n) is 16.5. The maximum atomic E-state index is 12.8. The molecule has 0 unspecified atom stereocenters. The molecule has 10 heteroatoms. The number of carbonyl (C=O) groups excluding carboxylic acids is 4. The van der Waals surface area contributed by atoms with Gasteiger partial charge in [-0.1, -0.05) is 12.1 Å². The average Bonchev–Trinajstić information content (AvgIpc) is 2.71. The van der Waals surface area contributed by atoms with Crippen LogP contribution < -0.4 is 5.32 Å². The van der Waals surface area contributed by atoms with Crippen LogP contribution >= 0.6 is 0 Å². The van der Waals surface area contributed by atoms with E-state index in [0.717, 1.165) is 5.56 Å². The van der Waals surface area contributed by atoms with E-state index in [-0.39, 0.29) is 44.7 Å². The molecule has 29 heavy (non-hydrogen) atoms. The first kappa shape index (κ1) is 24.1. The lowest BCUT2D eigenvalue weighted by Crippen LogP contribution is -2.37. The minimum atomic E-state index is -0.800. The lowest BCUT2D eigenvalue weighted by atomic mass is 10.1. The number of esters is 2. The summed E-state index contributed by atoms with van der Waals surface area (Å²) in [6.07, 6.45) is 0. The highest BCUT2D eigenvalue weighted by molar-refractivity contribution is 5.94.